The van der Waals surface area contributed by atoms with Gasteiger partial charge in [0, 0.05) is 7.05 Å². The first kappa shape index (κ1) is 15.4. The molecule has 1 rings (SSSR count). The zero-order valence-corrected chi connectivity index (χ0v) is 11.2. The Balaban J connectivity index is 2.88. The zero-order valence-electron chi connectivity index (χ0n) is 11.2. The van der Waals surface area contributed by atoms with Crippen molar-refractivity contribution >= 4 is 5.91 Å². The highest BCUT2D eigenvalue weighted by Crippen LogP contribution is 2.25. The minimum absolute atomic E-state index is 0.472. The second-order valence-electron chi connectivity index (χ2n) is 4.03. The Labute approximate surface area is 112 Å². The van der Waals surface area contributed by atoms with Crippen molar-refractivity contribution in [1.82, 2.24) is 5.06 Å². The third-order valence-corrected chi connectivity index (χ3v) is 2.94. The molecule has 0 aliphatic rings. The van der Waals surface area contributed by atoms with Crippen molar-refractivity contribution in [3.05, 3.63) is 29.8 Å². The minimum Gasteiger partial charge on any atom is -0.497 e. The van der Waals surface area contributed by atoms with Crippen LogP contribution in [0.1, 0.15) is 11.7 Å². The van der Waals surface area contributed by atoms with Crippen molar-refractivity contribution in [3.8, 4) is 5.75 Å². The highest BCUT2D eigenvalue weighted by molar-refractivity contribution is 5.78. The van der Waals surface area contributed by atoms with E-state index in [-0.39, 0.29) is 0 Å². The molecule has 0 spiro atoms. The first-order valence-corrected chi connectivity index (χ1v) is 5.79. The number of ether oxygens (including phenoxy) is 1. The smallest absolute Gasteiger partial charge is 0.254 e. The third kappa shape index (κ3) is 3.66. The quantitative estimate of drug-likeness (QED) is 0.729. The first-order chi connectivity index (χ1) is 9.04. The van der Waals surface area contributed by atoms with Crippen molar-refractivity contribution in [3.63, 3.8) is 0 Å². The number of rotatable bonds is 6. The molecule has 0 aromatic heterocycles. The van der Waals surface area contributed by atoms with Crippen LogP contribution >= 0.6 is 0 Å². The lowest BCUT2D eigenvalue weighted by molar-refractivity contribution is -0.179. The molecule has 0 aliphatic carbocycles. The summed E-state index contributed by atoms with van der Waals surface area (Å²) in [4.78, 5) is 16.7. The summed E-state index contributed by atoms with van der Waals surface area (Å²) in [5, 5.41) is 20.4. The monoisotopic (exact) mass is 269 g/mol. The molecule has 1 amide bonds. The Bertz CT molecular complexity index is 406. The number of nitrogens with zero attached hydrogens (tertiary/aromatic N) is 1. The number of hydrogen-bond donors (Lipinski definition) is 2. The van der Waals surface area contributed by atoms with Crippen LogP contribution in [0, 0.1) is 5.92 Å². The number of amides is 1. The van der Waals surface area contributed by atoms with Crippen LogP contribution in [0.25, 0.3) is 0 Å². The fourth-order valence-electron chi connectivity index (χ4n) is 1.67. The maximum atomic E-state index is 11.9. The van der Waals surface area contributed by atoms with Gasteiger partial charge in [-0.15, -0.1) is 0 Å². The molecule has 1 aromatic carbocycles. The predicted molar refractivity (Wildman–Crippen MR) is 68.3 cm³/mol. The number of carbonyl (C=O) groups is 1. The Morgan fingerprint density at radius 2 is 1.89 bits per heavy atom. The Morgan fingerprint density at radius 1 is 1.32 bits per heavy atom. The van der Waals surface area contributed by atoms with Crippen LogP contribution < -0.4 is 4.74 Å². The molecule has 0 heterocycles. The van der Waals surface area contributed by atoms with Crippen molar-refractivity contribution in [2.45, 2.75) is 6.10 Å². The summed E-state index contributed by atoms with van der Waals surface area (Å²) in [5.74, 6) is -0.816. The van der Waals surface area contributed by atoms with E-state index in [2.05, 4.69) is 0 Å². The van der Waals surface area contributed by atoms with E-state index in [4.69, 9.17) is 9.57 Å². The van der Waals surface area contributed by atoms with Gasteiger partial charge in [0.05, 0.1) is 32.8 Å². The lowest BCUT2D eigenvalue weighted by Gasteiger charge is -2.24. The largest absolute Gasteiger partial charge is 0.497 e. The molecular formula is C13H19NO5. The summed E-state index contributed by atoms with van der Waals surface area (Å²) < 4.78 is 5.01. The normalized spacial score (nSPS) is 13.7. The van der Waals surface area contributed by atoms with Gasteiger partial charge < -0.3 is 14.9 Å². The number of methoxy groups -OCH3 is 1. The molecule has 0 radical (unpaired) electrons. The standard InChI is InChI=1S/C13H19NO5/c1-14(19-3)13(17)11(8-15)12(16)9-4-6-10(18-2)7-5-9/h4-7,11-12,15-16H,8H2,1-3H3/t11-,12+/m0/s1. The SMILES string of the molecule is COc1ccc([C@@H](O)[C@H](CO)C(=O)N(C)OC)cc1. The average Bonchev–Trinajstić information content (AvgIpc) is 2.46. The van der Waals surface area contributed by atoms with Gasteiger partial charge in [-0.05, 0) is 17.7 Å². The summed E-state index contributed by atoms with van der Waals surface area (Å²) in [6.45, 7) is -0.472. The number of aliphatic hydroxyl groups is 2. The van der Waals surface area contributed by atoms with Crippen LogP contribution in [-0.2, 0) is 9.63 Å². The number of benzene rings is 1. The fraction of sp³-hybridized carbons (Fsp3) is 0.462. The molecule has 0 unspecified atom stereocenters. The van der Waals surface area contributed by atoms with Crippen LogP contribution in [-0.4, -0.2) is 49.1 Å². The van der Waals surface area contributed by atoms with E-state index in [0.29, 0.717) is 11.3 Å². The van der Waals surface area contributed by atoms with E-state index < -0.39 is 24.5 Å². The molecular weight excluding hydrogens is 250 g/mol. The maximum Gasteiger partial charge on any atom is 0.254 e. The van der Waals surface area contributed by atoms with Gasteiger partial charge in [0.1, 0.15) is 5.75 Å². The molecule has 0 saturated carbocycles. The highest BCUT2D eigenvalue weighted by atomic mass is 16.7. The third-order valence-electron chi connectivity index (χ3n) is 2.94. The van der Waals surface area contributed by atoms with E-state index in [1.54, 1.807) is 31.4 Å². The molecule has 2 atom stereocenters. The molecule has 1 aromatic rings. The number of carbonyl (C=O) groups excluding carboxylic acids is 1. The van der Waals surface area contributed by atoms with Gasteiger partial charge in [0.2, 0.25) is 0 Å². The maximum absolute atomic E-state index is 11.9. The van der Waals surface area contributed by atoms with Crippen LogP contribution in [0.4, 0.5) is 0 Å². The summed E-state index contributed by atoms with van der Waals surface area (Å²) in [6.07, 6.45) is -1.11. The number of aliphatic hydroxyl groups excluding tert-OH is 2. The van der Waals surface area contributed by atoms with E-state index in [9.17, 15) is 15.0 Å². The number of hydrogen-bond acceptors (Lipinski definition) is 5. The second-order valence-corrected chi connectivity index (χ2v) is 4.03. The summed E-state index contributed by atoms with van der Waals surface area (Å²) in [7, 11) is 4.30. The van der Waals surface area contributed by atoms with Crippen LogP contribution in [0.2, 0.25) is 0 Å². The predicted octanol–water partition coefficient (Wildman–Crippen LogP) is 0.357. The van der Waals surface area contributed by atoms with Gasteiger partial charge >= 0.3 is 0 Å². The Hall–Kier alpha value is -1.63. The fourth-order valence-corrected chi connectivity index (χ4v) is 1.67. The van der Waals surface area contributed by atoms with Crippen molar-refractivity contribution in [2.75, 3.05) is 27.9 Å². The summed E-state index contributed by atoms with van der Waals surface area (Å²) >= 11 is 0. The molecule has 2 N–H and O–H groups in total. The lowest BCUT2D eigenvalue weighted by Crippen LogP contribution is -2.37. The van der Waals surface area contributed by atoms with Crippen LogP contribution in [0.3, 0.4) is 0 Å². The van der Waals surface area contributed by atoms with Gasteiger partial charge in [0.25, 0.3) is 5.91 Å². The molecule has 6 heteroatoms. The van der Waals surface area contributed by atoms with Gasteiger partial charge in [-0.1, -0.05) is 12.1 Å². The topological polar surface area (TPSA) is 79.2 Å². The second kappa shape index (κ2) is 7.08. The molecule has 19 heavy (non-hydrogen) atoms. The van der Waals surface area contributed by atoms with Crippen LogP contribution in [0.5, 0.6) is 5.75 Å². The van der Waals surface area contributed by atoms with E-state index in [0.717, 1.165) is 5.06 Å². The molecule has 0 bridgehead atoms. The van der Waals surface area contributed by atoms with E-state index >= 15 is 0 Å². The Morgan fingerprint density at radius 3 is 2.32 bits per heavy atom. The minimum atomic E-state index is -1.11. The molecule has 0 aliphatic heterocycles. The summed E-state index contributed by atoms with van der Waals surface area (Å²) in [5.41, 5.74) is 0.526. The lowest BCUT2D eigenvalue weighted by atomic mass is 9.95. The van der Waals surface area contributed by atoms with Crippen molar-refractivity contribution in [1.29, 1.82) is 0 Å². The summed E-state index contributed by atoms with van der Waals surface area (Å²) in [6, 6.07) is 6.65. The average molecular weight is 269 g/mol. The molecule has 106 valence electrons. The molecule has 0 fully saturated rings. The van der Waals surface area contributed by atoms with Gasteiger partial charge in [-0.25, -0.2) is 5.06 Å². The van der Waals surface area contributed by atoms with Gasteiger partial charge in [-0.2, -0.15) is 0 Å². The van der Waals surface area contributed by atoms with Crippen molar-refractivity contribution < 1.29 is 24.6 Å². The van der Waals surface area contributed by atoms with E-state index in [1.165, 1.54) is 14.2 Å². The Kier molecular flexibility index (Phi) is 5.75. The molecule has 6 nitrogen and oxygen atoms in total. The van der Waals surface area contributed by atoms with Crippen LogP contribution in [0.15, 0.2) is 24.3 Å². The van der Waals surface area contributed by atoms with E-state index in [1.807, 2.05) is 0 Å². The van der Waals surface area contributed by atoms with Gasteiger partial charge in [0.15, 0.2) is 0 Å². The van der Waals surface area contributed by atoms with Gasteiger partial charge in [-0.3, -0.25) is 9.63 Å². The first-order valence-electron chi connectivity index (χ1n) is 5.79. The molecule has 0 saturated heterocycles. The highest BCUT2D eigenvalue weighted by Gasteiger charge is 2.30. The number of hydroxylamine groups is 2. The van der Waals surface area contributed by atoms with Crippen molar-refractivity contribution in [2.24, 2.45) is 5.92 Å². The zero-order chi connectivity index (χ0) is 14.4.